The maximum atomic E-state index is 2.59. The number of imidazole rings is 2. The smallest absolute Gasteiger partial charge is 0.223 e. The normalized spacial score (nSPS) is 11.6. The zero-order chi connectivity index (χ0) is 26.6. The molecule has 2 aromatic heterocycles. The van der Waals surface area contributed by atoms with Crippen LogP contribution < -0.4 is 9.13 Å². The molecule has 2 aromatic rings. The molecule has 0 aliphatic rings. The average Bonchev–Trinajstić information content (AvgIpc) is 3.49. The number of hydrogen-bond donors (Lipinski definition) is 0. The zero-order valence-electron chi connectivity index (χ0n) is 25.4. The van der Waals surface area contributed by atoms with Gasteiger partial charge in [-0.15, -0.1) is 0 Å². The van der Waals surface area contributed by atoms with Crippen molar-refractivity contribution in [1.82, 2.24) is 9.13 Å². The Kier molecular flexibility index (Phi) is 17.4. The van der Waals surface area contributed by atoms with Gasteiger partial charge in [-0.25, -0.2) is 18.3 Å². The van der Waals surface area contributed by atoms with Crippen LogP contribution >= 0.6 is 0 Å². The molecule has 0 unspecified atom stereocenters. The molecule has 0 bridgehead atoms. The van der Waals surface area contributed by atoms with Gasteiger partial charge in [0.05, 0.1) is 26.2 Å². The Morgan fingerprint density at radius 3 is 1.14 bits per heavy atom. The number of aromatic nitrogens is 4. The minimum Gasteiger partial charge on any atom is -0.223 e. The summed E-state index contributed by atoms with van der Waals surface area (Å²) in [6, 6.07) is 0. The molecule has 4 heteroatoms. The molecule has 2 rings (SSSR count). The summed E-state index contributed by atoms with van der Waals surface area (Å²) >= 11 is 0. The van der Waals surface area contributed by atoms with Crippen LogP contribution in [0.3, 0.4) is 0 Å². The molecule has 4 nitrogen and oxygen atoms in total. The Morgan fingerprint density at radius 2 is 0.757 bits per heavy atom. The summed E-state index contributed by atoms with van der Waals surface area (Å²) in [4.78, 5) is 0. The Balaban J connectivity index is 2.28. The third-order valence-corrected chi connectivity index (χ3v) is 7.90. The molecule has 0 saturated carbocycles. The van der Waals surface area contributed by atoms with E-state index in [1.807, 2.05) is 0 Å². The first-order valence-corrected chi connectivity index (χ1v) is 16.4. The fourth-order valence-corrected chi connectivity index (χ4v) is 5.54. The van der Waals surface area contributed by atoms with E-state index in [9.17, 15) is 0 Å². The zero-order valence-corrected chi connectivity index (χ0v) is 25.4. The average molecular weight is 515 g/mol. The van der Waals surface area contributed by atoms with Crippen LogP contribution in [0.25, 0.3) is 11.6 Å². The van der Waals surface area contributed by atoms with Gasteiger partial charge in [0, 0.05) is 0 Å². The monoisotopic (exact) mass is 514 g/mol. The Bertz CT molecular complexity index is 772. The predicted molar refractivity (Wildman–Crippen MR) is 159 cm³/mol. The quantitative estimate of drug-likeness (QED) is 0.0982. The highest BCUT2D eigenvalue weighted by atomic mass is 15.2. The van der Waals surface area contributed by atoms with Crippen LogP contribution in [0.2, 0.25) is 0 Å². The van der Waals surface area contributed by atoms with Gasteiger partial charge in [-0.2, -0.15) is 0 Å². The van der Waals surface area contributed by atoms with Gasteiger partial charge in [0.15, 0.2) is 0 Å². The highest BCUT2D eigenvalue weighted by Crippen LogP contribution is 2.18. The van der Waals surface area contributed by atoms with Crippen molar-refractivity contribution in [1.29, 1.82) is 0 Å². The van der Waals surface area contributed by atoms with Crippen molar-refractivity contribution in [3.63, 3.8) is 0 Å². The molecule has 0 aliphatic heterocycles. The molecular formula is C33H62N4+2. The van der Waals surface area contributed by atoms with Gasteiger partial charge < -0.3 is 0 Å². The van der Waals surface area contributed by atoms with E-state index in [2.05, 4.69) is 70.8 Å². The minimum atomic E-state index is 1.14. The number of hydrogen-bond acceptors (Lipinski definition) is 0. The van der Waals surface area contributed by atoms with Crippen molar-refractivity contribution in [2.24, 2.45) is 0 Å². The maximum absolute atomic E-state index is 2.59. The first-order valence-electron chi connectivity index (χ1n) is 16.4. The van der Waals surface area contributed by atoms with Crippen LogP contribution in [0.15, 0.2) is 24.8 Å². The number of aryl methyl sites for hydroxylation is 4. The Labute approximate surface area is 230 Å². The van der Waals surface area contributed by atoms with Crippen molar-refractivity contribution in [3.8, 4) is 11.6 Å². The van der Waals surface area contributed by atoms with Crippen LogP contribution in [-0.2, 0) is 26.2 Å². The van der Waals surface area contributed by atoms with Gasteiger partial charge in [0.2, 0.25) is 0 Å². The summed E-state index contributed by atoms with van der Waals surface area (Å²) in [6.45, 7) is 13.8. The SMILES string of the molecule is CCCCCCCn1cc[n+](CCCCCCC)c1-c1n(CCCCCC)cc[n+]1CCCCCCC. The van der Waals surface area contributed by atoms with Crippen molar-refractivity contribution < 1.29 is 9.13 Å². The maximum Gasteiger partial charge on any atom is 0.373 e. The van der Waals surface area contributed by atoms with E-state index >= 15 is 0 Å². The summed E-state index contributed by atoms with van der Waals surface area (Å²) < 4.78 is 10.3. The van der Waals surface area contributed by atoms with Gasteiger partial charge in [-0.05, 0) is 51.4 Å². The van der Waals surface area contributed by atoms with Crippen LogP contribution in [0.4, 0.5) is 0 Å². The second kappa shape index (κ2) is 20.4. The first-order chi connectivity index (χ1) is 18.3. The van der Waals surface area contributed by atoms with Crippen LogP contribution in [0.5, 0.6) is 0 Å². The second-order valence-electron chi connectivity index (χ2n) is 11.3. The standard InChI is InChI=1S/C33H62N4/c1-5-9-13-17-21-25-35-29-28-34(24-20-16-12-8-4)32(35)33-36(26-22-18-14-10-6-2)30-31-37(33)27-23-19-15-11-7-3/h28-31H,5-27H2,1-4H3/q+2. The van der Waals surface area contributed by atoms with E-state index in [1.54, 1.807) is 0 Å². The number of rotatable bonds is 24. The van der Waals surface area contributed by atoms with E-state index in [1.165, 1.54) is 134 Å². The van der Waals surface area contributed by atoms with E-state index in [0.717, 1.165) is 26.2 Å². The lowest BCUT2D eigenvalue weighted by atomic mass is 10.1. The fraction of sp³-hybridized carbons (Fsp3) is 0.818. The van der Waals surface area contributed by atoms with E-state index < -0.39 is 0 Å². The summed E-state index contributed by atoms with van der Waals surface area (Å²) in [5.74, 6) is 2.89. The highest BCUT2D eigenvalue weighted by molar-refractivity contribution is 5.36. The molecule has 0 N–H and O–H groups in total. The molecule has 2 heterocycles. The predicted octanol–water partition coefficient (Wildman–Crippen LogP) is 9.02. The second-order valence-corrected chi connectivity index (χ2v) is 11.3. The molecule has 212 valence electrons. The van der Waals surface area contributed by atoms with E-state index in [0.29, 0.717) is 0 Å². The Hall–Kier alpha value is -1.58. The van der Waals surface area contributed by atoms with E-state index in [4.69, 9.17) is 0 Å². The van der Waals surface area contributed by atoms with Crippen molar-refractivity contribution in [2.45, 2.75) is 176 Å². The molecule has 37 heavy (non-hydrogen) atoms. The summed E-state index contributed by atoms with van der Waals surface area (Å²) in [6.07, 6.45) is 34.8. The summed E-state index contributed by atoms with van der Waals surface area (Å²) in [5, 5.41) is 0. The molecule has 0 amide bonds. The van der Waals surface area contributed by atoms with Gasteiger partial charge in [0.25, 0.3) is 0 Å². The molecule has 0 radical (unpaired) electrons. The third kappa shape index (κ3) is 11.8. The largest absolute Gasteiger partial charge is 0.373 e. The van der Waals surface area contributed by atoms with Crippen LogP contribution in [0, 0.1) is 0 Å². The lowest BCUT2D eigenvalue weighted by molar-refractivity contribution is -0.715. The van der Waals surface area contributed by atoms with Gasteiger partial charge in [-0.1, -0.05) is 98.3 Å². The number of nitrogens with zero attached hydrogens (tertiary/aromatic N) is 4. The Morgan fingerprint density at radius 1 is 0.432 bits per heavy atom. The number of unbranched alkanes of at least 4 members (excludes halogenated alkanes) is 15. The van der Waals surface area contributed by atoms with Crippen molar-refractivity contribution >= 4 is 0 Å². The fourth-order valence-electron chi connectivity index (χ4n) is 5.54. The molecule has 0 saturated heterocycles. The molecule has 0 atom stereocenters. The molecule has 0 aliphatic carbocycles. The molecule has 0 fully saturated rings. The van der Waals surface area contributed by atoms with Crippen molar-refractivity contribution in [2.75, 3.05) is 0 Å². The molecule has 0 aromatic carbocycles. The summed E-state index contributed by atoms with van der Waals surface area (Å²) in [5.41, 5.74) is 0. The third-order valence-electron chi connectivity index (χ3n) is 7.90. The first kappa shape index (κ1) is 31.6. The lowest BCUT2D eigenvalue weighted by Crippen LogP contribution is -2.43. The van der Waals surface area contributed by atoms with Gasteiger partial charge in [-0.3, -0.25) is 0 Å². The van der Waals surface area contributed by atoms with E-state index in [-0.39, 0.29) is 0 Å². The van der Waals surface area contributed by atoms with Crippen LogP contribution in [-0.4, -0.2) is 9.13 Å². The summed E-state index contributed by atoms with van der Waals surface area (Å²) in [7, 11) is 0. The molecular weight excluding hydrogens is 452 g/mol. The lowest BCUT2D eigenvalue weighted by Gasteiger charge is -2.08. The highest BCUT2D eigenvalue weighted by Gasteiger charge is 2.32. The minimum absolute atomic E-state index is 1.14. The molecule has 0 spiro atoms. The van der Waals surface area contributed by atoms with Crippen molar-refractivity contribution in [3.05, 3.63) is 24.8 Å². The van der Waals surface area contributed by atoms with Gasteiger partial charge >= 0.3 is 11.6 Å². The van der Waals surface area contributed by atoms with Gasteiger partial charge in [0.1, 0.15) is 24.8 Å². The van der Waals surface area contributed by atoms with Crippen LogP contribution in [0.1, 0.15) is 150 Å². The topological polar surface area (TPSA) is 17.6 Å².